The van der Waals surface area contributed by atoms with Gasteiger partial charge in [-0.1, -0.05) is 13.0 Å². The van der Waals surface area contributed by atoms with Crippen molar-refractivity contribution in [3.63, 3.8) is 0 Å². The SMILES string of the molecule is C=C(C)C(=O)OC1CCCC(CCC2CCC(=O)O2)C1. The molecule has 0 N–H and O–H groups in total. The van der Waals surface area contributed by atoms with Crippen molar-refractivity contribution in [2.24, 2.45) is 5.92 Å². The van der Waals surface area contributed by atoms with Gasteiger partial charge in [-0.25, -0.2) is 4.79 Å². The Hall–Kier alpha value is -1.32. The van der Waals surface area contributed by atoms with E-state index in [9.17, 15) is 9.59 Å². The van der Waals surface area contributed by atoms with Crippen LogP contribution in [-0.2, 0) is 19.1 Å². The van der Waals surface area contributed by atoms with Crippen molar-refractivity contribution in [1.82, 2.24) is 0 Å². The summed E-state index contributed by atoms with van der Waals surface area (Å²) in [5.41, 5.74) is 0.463. The Morgan fingerprint density at radius 2 is 2.15 bits per heavy atom. The van der Waals surface area contributed by atoms with E-state index in [0.29, 0.717) is 17.9 Å². The molecule has 3 unspecified atom stereocenters. The molecule has 4 heteroatoms. The largest absolute Gasteiger partial charge is 0.462 e. The summed E-state index contributed by atoms with van der Waals surface area (Å²) in [7, 11) is 0. The summed E-state index contributed by atoms with van der Waals surface area (Å²) in [6, 6.07) is 0. The summed E-state index contributed by atoms with van der Waals surface area (Å²) in [6.07, 6.45) is 7.73. The molecule has 112 valence electrons. The Bertz CT molecular complexity index is 388. The molecule has 4 nitrogen and oxygen atoms in total. The van der Waals surface area contributed by atoms with Crippen LogP contribution in [0.1, 0.15) is 58.3 Å². The van der Waals surface area contributed by atoms with E-state index in [2.05, 4.69) is 6.58 Å². The minimum Gasteiger partial charge on any atom is -0.462 e. The molecule has 0 aromatic carbocycles. The second kappa shape index (κ2) is 6.91. The number of ether oxygens (including phenoxy) is 2. The lowest BCUT2D eigenvalue weighted by atomic mass is 9.83. The molecule has 2 fully saturated rings. The number of rotatable bonds is 5. The summed E-state index contributed by atoms with van der Waals surface area (Å²) < 4.78 is 10.7. The molecule has 3 atom stereocenters. The molecule has 1 heterocycles. The molecular formula is C16H24O4. The van der Waals surface area contributed by atoms with Gasteiger partial charge in [-0.05, 0) is 51.4 Å². The monoisotopic (exact) mass is 280 g/mol. The molecule has 0 spiro atoms. The maximum Gasteiger partial charge on any atom is 0.333 e. The van der Waals surface area contributed by atoms with E-state index in [1.807, 2.05) is 0 Å². The van der Waals surface area contributed by atoms with Crippen LogP contribution in [0.3, 0.4) is 0 Å². The number of hydrogen-bond acceptors (Lipinski definition) is 4. The van der Waals surface area contributed by atoms with Gasteiger partial charge in [0.15, 0.2) is 0 Å². The van der Waals surface area contributed by atoms with Gasteiger partial charge in [-0.3, -0.25) is 4.79 Å². The number of carbonyl (C=O) groups excluding carboxylic acids is 2. The number of hydrogen-bond donors (Lipinski definition) is 0. The van der Waals surface area contributed by atoms with Crippen molar-refractivity contribution in [3.8, 4) is 0 Å². The maximum atomic E-state index is 11.5. The highest BCUT2D eigenvalue weighted by atomic mass is 16.6. The summed E-state index contributed by atoms with van der Waals surface area (Å²) in [4.78, 5) is 22.6. The average molecular weight is 280 g/mol. The summed E-state index contributed by atoms with van der Waals surface area (Å²) in [5.74, 6) is 0.234. The highest BCUT2D eigenvalue weighted by Gasteiger charge is 2.28. The molecule has 1 saturated heterocycles. The minimum atomic E-state index is -0.277. The fourth-order valence-electron chi connectivity index (χ4n) is 3.07. The van der Waals surface area contributed by atoms with Crippen LogP contribution in [0.5, 0.6) is 0 Å². The van der Waals surface area contributed by atoms with Gasteiger partial charge in [0.05, 0.1) is 0 Å². The summed E-state index contributed by atoms with van der Waals surface area (Å²) in [6.45, 7) is 5.29. The van der Waals surface area contributed by atoms with Gasteiger partial charge >= 0.3 is 11.9 Å². The van der Waals surface area contributed by atoms with E-state index >= 15 is 0 Å². The van der Waals surface area contributed by atoms with E-state index in [-0.39, 0.29) is 24.1 Å². The fraction of sp³-hybridized carbons (Fsp3) is 0.750. The van der Waals surface area contributed by atoms with E-state index in [1.165, 1.54) is 6.42 Å². The van der Waals surface area contributed by atoms with E-state index in [0.717, 1.165) is 38.5 Å². The van der Waals surface area contributed by atoms with Gasteiger partial charge in [-0.15, -0.1) is 0 Å². The predicted molar refractivity (Wildman–Crippen MR) is 75.0 cm³/mol. The second-order valence-corrected chi connectivity index (χ2v) is 6.07. The van der Waals surface area contributed by atoms with E-state index in [1.54, 1.807) is 6.92 Å². The average Bonchev–Trinajstić information content (AvgIpc) is 2.82. The van der Waals surface area contributed by atoms with Crippen LogP contribution < -0.4 is 0 Å². The normalized spacial score (nSPS) is 29.9. The second-order valence-electron chi connectivity index (χ2n) is 6.07. The molecule has 1 saturated carbocycles. The third-order valence-corrected chi connectivity index (χ3v) is 4.22. The van der Waals surface area contributed by atoms with Gasteiger partial charge in [-0.2, -0.15) is 0 Å². The Morgan fingerprint density at radius 3 is 2.80 bits per heavy atom. The van der Waals surface area contributed by atoms with Crippen LogP contribution in [0.25, 0.3) is 0 Å². The first-order valence-electron chi connectivity index (χ1n) is 7.60. The first-order valence-corrected chi connectivity index (χ1v) is 7.60. The fourth-order valence-corrected chi connectivity index (χ4v) is 3.07. The smallest absolute Gasteiger partial charge is 0.333 e. The summed E-state index contributed by atoms with van der Waals surface area (Å²) >= 11 is 0. The first-order chi connectivity index (χ1) is 9.54. The van der Waals surface area contributed by atoms with Gasteiger partial charge < -0.3 is 9.47 Å². The summed E-state index contributed by atoms with van der Waals surface area (Å²) in [5, 5.41) is 0. The lowest BCUT2D eigenvalue weighted by Crippen LogP contribution is -2.26. The molecule has 1 aliphatic heterocycles. The van der Waals surface area contributed by atoms with Crippen molar-refractivity contribution < 1.29 is 19.1 Å². The van der Waals surface area contributed by atoms with Crippen LogP contribution in [0.4, 0.5) is 0 Å². The van der Waals surface area contributed by atoms with Crippen LogP contribution >= 0.6 is 0 Å². The third-order valence-electron chi connectivity index (χ3n) is 4.22. The Labute approximate surface area is 120 Å². The van der Waals surface area contributed by atoms with Crippen molar-refractivity contribution in [2.45, 2.75) is 70.5 Å². The van der Waals surface area contributed by atoms with Crippen LogP contribution in [0, 0.1) is 5.92 Å². The molecule has 2 aliphatic rings. The molecule has 0 radical (unpaired) electrons. The first kappa shape index (κ1) is 15.1. The Balaban J connectivity index is 1.71. The Kier molecular flexibility index (Phi) is 5.21. The zero-order valence-corrected chi connectivity index (χ0v) is 12.2. The van der Waals surface area contributed by atoms with Crippen LogP contribution in [0.2, 0.25) is 0 Å². The molecule has 2 rings (SSSR count). The molecule has 1 aliphatic carbocycles. The van der Waals surface area contributed by atoms with E-state index in [4.69, 9.17) is 9.47 Å². The lowest BCUT2D eigenvalue weighted by molar-refractivity contribution is -0.147. The van der Waals surface area contributed by atoms with Crippen molar-refractivity contribution >= 4 is 11.9 Å². The molecule has 20 heavy (non-hydrogen) atoms. The highest BCUT2D eigenvalue weighted by molar-refractivity contribution is 5.87. The molecule has 0 aromatic heterocycles. The van der Waals surface area contributed by atoms with Crippen molar-refractivity contribution in [3.05, 3.63) is 12.2 Å². The van der Waals surface area contributed by atoms with Gasteiger partial charge in [0.2, 0.25) is 0 Å². The standard InChI is InChI=1S/C16H24O4/c1-11(2)16(18)20-14-5-3-4-12(10-14)6-7-13-8-9-15(17)19-13/h12-14H,1,3-10H2,2H3. The van der Waals surface area contributed by atoms with Gasteiger partial charge in [0.1, 0.15) is 12.2 Å². The zero-order chi connectivity index (χ0) is 14.5. The molecule has 0 amide bonds. The number of esters is 2. The third kappa shape index (κ3) is 4.36. The predicted octanol–water partition coefficient (Wildman–Crippen LogP) is 3.15. The molecule has 0 bridgehead atoms. The van der Waals surface area contributed by atoms with Crippen LogP contribution in [-0.4, -0.2) is 24.1 Å². The van der Waals surface area contributed by atoms with Crippen LogP contribution in [0.15, 0.2) is 12.2 Å². The minimum absolute atomic E-state index is 0.0316. The Morgan fingerprint density at radius 1 is 1.35 bits per heavy atom. The van der Waals surface area contributed by atoms with Crippen molar-refractivity contribution in [2.75, 3.05) is 0 Å². The highest BCUT2D eigenvalue weighted by Crippen LogP contribution is 2.31. The maximum absolute atomic E-state index is 11.5. The van der Waals surface area contributed by atoms with Gasteiger partial charge in [0.25, 0.3) is 0 Å². The molecular weight excluding hydrogens is 256 g/mol. The van der Waals surface area contributed by atoms with Crippen molar-refractivity contribution in [1.29, 1.82) is 0 Å². The number of carbonyl (C=O) groups is 2. The zero-order valence-electron chi connectivity index (χ0n) is 12.2. The topological polar surface area (TPSA) is 52.6 Å². The van der Waals surface area contributed by atoms with Gasteiger partial charge in [0, 0.05) is 12.0 Å². The van der Waals surface area contributed by atoms with E-state index < -0.39 is 0 Å². The lowest BCUT2D eigenvalue weighted by Gasteiger charge is -2.29. The quantitative estimate of drug-likeness (QED) is 0.573. The molecule has 0 aromatic rings. The number of cyclic esters (lactones) is 1.